The second kappa shape index (κ2) is 5.46. The molecule has 0 fully saturated rings. The summed E-state index contributed by atoms with van der Waals surface area (Å²) in [4.78, 5) is 4.73. The minimum atomic E-state index is -0.502. The highest BCUT2D eigenvalue weighted by molar-refractivity contribution is 5.76. The number of rotatable bonds is 4. The third-order valence-corrected chi connectivity index (χ3v) is 3.71. The highest BCUT2D eigenvalue weighted by atomic mass is 16.5. The topological polar surface area (TPSA) is 53.1 Å². The third-order valence-electron chi connectivity index (χ3n) is 3.71. The number of methoxy groups -OCH3 is 1. The molecule has 2 aromatic carbocycles. The van der Waals surface area contributed by atoms with Gasteiger partial charge in [-0.3, -0.25) is 0 Å². The number of aromatic nitrogens is 2. The normalized spacial score (nSPS) is 11.8. The molecule has 3 rings (SSSR count). The van der Waals surface area contributed by atoms with Crippen LogP contribution in [-0.2, 0) is 12.1 Å². The Kier molecular flexibility index (Phi) is 3.62. The van der Waals surface area contributed by atoms with E-state index in [1.54, 1.807) is 7.11 Å². The molecule has 0 unspecified atom stereocenters. The van der Waals surface area contributed by atoms with Crippen LogP contribution in [0.5, 0.6) is 5.75 Å². The smallest absolute Gasteiger partial charge is 0.129 e. The predicted molar refractivity (Wildman–Crippen MR) is 89.0 cm³/mol. The molecule has 0 saturated carbocycles. The van der Waals surface area contributed by atoms with Crippen LogP contribution >= 0.6 is 0 Å². The Hall–Kier alpha value is -2.33. The van der Waals surface area contributed by atoms with E-state index < -0.39 is 5.54 Å². The fourth-order valence-electron chi connectivity index (χ4n) is 2.68. The average Bonchev–Trinajstić information content (AvgIpc) is 2.87. The first kappa shape index (κ1) is 14.6. The van der Waals surface area contributed by atoms with Crippen molar-refractivity contribution >= 4 is 11.0 Å². The number of imidazole rings is 1. The van der Waals surface area contributed by atoms with Gasteiger partial charge in [0.2, 0.25) is 0 Å². The van der Waals surface area contributed by atoms with Gasteiger partial charge in [0, 0.05) is 6.54 Å². The van der Waals surface area contributed by atoms with Crippen molar-refractivity contribution in [3.8, 4) is 5.75 Å². The molecule has 4 heteroatoms. The fourth-order valence-corrected chi connectivity index (χ4v) is 2.68. The lowest BCUT2D eigenvalue weighted by molar-refractivity contribution is 0.414. The van der Waals surface area contributed by atoms with Crippen molar-refractivity contribution in [3.05, 3.63) is 59.9 Å². The van der Waals surface area contributed by atoms with Crippen LogP contribution in [0.2, 0.25) is 0 Å². The minimum absolute atomic E-state index is 0.502. The number of para-hydroxylation sites is 2. The van der Waals surface area contributed by atoms with Crippen LogP contribution in [0.15, 0.2) is 48.5 Å². The second-order valence-electron chi connectivity index (χ2n) is 6.08. The van der Waals surface area contributed by atoms with Crippen molar-refractivity contribution in [2.75, 3.05) is 7.11 Å². The Labute approximate surface area is 130 Å². The van der Waals surface area contributed by atoms with Crippen LogP contribution in [0.3, 0.4) is 0 Å². The fraction of sp³-hybridized carbons (Fsp3) is 0.278. The zero-order valence-corrected chi connectivity index (χ0v) is 13.2. The van der Waals surface area contributed by atoms with Gasteiger partial charge in [-0.1, -0.05) is 24.3 Å². The van der Waals surface area contributed by atoms with Gasteiger partial charge >= 0.3 is 0 Å². The number of ether oxygens (including phenoxy) is 1. The van der Waals surface area contributed by atoms with Gasteiger partial charge in [0.15, 0.2) is 0 Å². The summed E-state index contributed by atoms with van der Waals surface area (Å²) in [7, 11) is 1.68. The highest BCUT2D eigenvalue weighted by Gasteiger charge is 2.23. The van der Waals surface area contributed by atoms with Gasteiger partial charge in [-0.05, 0) is 43.7 Å². The SMILES string of the molecule is COc1cccc(Cn2c(C(C)(C)N)nc3ccccc32)c1. The number of hydrogen-bond acceptors (Lipinski definition) is 3. The highest BCUT2D eigenvalue weighted by Crippen LogP contribution is 2.25. The Morgan fingerprint density at radius 1 is 1.14 bits per heavy atom. The Balaban J connectivity index is 2.12. The lowest BCUT2D eigenvalue weighted by Crippen LogP contribution is -2.32. The molecule has 0 bridgehead atoms. The zero-order valence-electron chi connectivity index (χ0n) is 13.2. The minimum Gasteiger partial charge on any atom is -0.497 e. The third kappa shape index (κ3) is 2.70. The van der Waals surface area contributed by atoms with Gasteiger partial charge in [0.05, 0.1) is 23.7 Å². The van der Waals surface area contributed by atoms with Crippen LogP contribution in [0.1, 0.15) is 25.2 Å². The zero-order chi connectivity index (χ0) is 15.7. The summed E-state index contributed by atoms with van der Waals surface area (Å²) in [5.41, 5.74) is 9.05. The summed E-state index contributed by atoms with van der Waals surface area (Å²) >= 11 is 0. The monoisotopic (exact) mass is 295 g/mol. The van der Waals surface area contributed by atoms with Gasteiger partial charge in [-0.15, -0.1) is 0 Å². The number of fused-ring (bicyclic) bond motifs is 1. The second-order valence-corrected chi connectivity index (χ2v) is 6.08. The maximum Gasteiger partial charge on any atom is 0.129 e. The van der Waals surface area contributed by atoms with E-state index in [0.29, 0.717) is 6.54 Å². The van der Waals surface area contributed by atoms with Crippen molar-refractivity contribution in [1.29, 1.82) is 0 Å². The van der Waals surface area contributed by atoms with Crippen molar-refractivity contribution in [2.24, 2.45) is 5.73 Å². The Bertz CT molecular complexity index is 799. The van der Waals surface area contributed by atoms with E-state index in [0.717, 1.165) is 28.2 Å². The van der Waals surface area contributed by atoms with E-state index in [1.807, 2.05) is 50.2 Å². The van der Waals surface area contributed by atoms with E-state index >= 15 is 0 Å². The molecule has 1 heterocycles. The van der Waals surface area contributed by atoms with Gasteiger partial charge in [-0.25, -0.2) is 4.98 Å². The first-order valence-corrected chi connectivity index (χ1v) is 7.36. The van der Waals surface area contributed by atoms with Crippen LogP contribution < -0.4 is 10.5 Å². The number of hydrogen-bond donors (Lipinski definition) is 1. The Morgan fingerprint density at radius 3 is 2.64 bits per heavy atom. The largest absolute Gasteiger partial charge is 0.497 e. The molecule has 22 heavy (non-hydrogen) atoms. The molecule has 0 atom stereocenters. The van der Waals surface area contributed by atoms with Gasteiger partial charge in [0.1, 0.15) is 11.6 Å². The molecule has 0 spiro atoms. The van der Waals surface area contributed by atoms with Gasteiger partial charge in [0.25, 0.3) is 0 Å². The quantitative estimate of drug-likeness (QED) is 0.803. The van der Waals surface area contributed by atoms with E-state index in [9.17, 15) is 0 Å². The predicted octanol–water partition coefficient (Wildman–Crippen LogP) is 3.29. The molecule has 0 aliphatic heterocycles. The summed E-state index contributed by atoms with van der Waals surface area (Å²) in [6, 6.07) is 16.2. The summed E-state index contributed by atoms with van der Waals surface area (Å²) in [6.07, 6.45) is 0. The molecule has 1 aromatic heterocycles. The molecular weight excluding hydrogens is 274 g/mol. The van der Waals surface area contributed by atoms with Crippen molar-refractivity contribution in [3.63, 3.8) is 0 Å². The molecule has 4 nitrogen and oxygen atoms in total. The van der Waals surface area contributed by atoms with Gasteiger partial charge in [-0.2, -0.15) is 0 Å². The molecule has 3 aromatic rings. The van der Waals surface area contributed by atoms with Crippen LogP contribution in [0.4, 0.5) is 0 Å². The summed E-state index contributed by atoms with van der Waals surface area (Å²) in [6.45, 7) is 4.68. The van der Waals surface area contributed by atoms with E-state index in [4.69, 9.17) is 15.5 Å². The molecule has 0 aliphatic carbocycles. The molecule has 0 saturated heterocycles. The van der Waals surface area contributed by atoms with Crippen LogP contribution in [0.25, 0.3) is 11.0 Å². The molecule has 114 valence electrons. The van der Waals surface area contributed by atoms with Crippen LogP contribution in [-0.4, -0.2) is 16.7 Å². The summed E-state index contributed by atoms with van der Waals surface area (Å²) in [5, 5.41) is 0. The van der Waals surface area contributed by atoms with Crippen LogP contribution in [0, 0.1) is 0 Å². The number of benzene rings is 2. The lowest BCUT2D eigenvalue weighted by atomic mass is 10.1. The average molecular weight is 295 g/mol. The maximum atomic E-state index is 6.32. The molecule has 0 aliphatic rings. The first-order chi connectivity index (χ1) is 10.5. The number of nitrogens with zero attached hydrogens (tertiary/aromatic N) is 2. The molecule has 0 amide bonds. The van der Waals surface area contributed by atoms with E-state index in [2.05, 4.69) is 16.7 Å². The summed E-state index contributed by atoms with van der Waals surface area (Å²) < 4.78 is 7.49. The van der Waals surface area contributed by atoms with Gasteiger partial charge < -0.3 is 15.0 Å². The number of nitrogens with two attached hydrogens (primary N) is 1. The maximum absolute atomic E-state index is 6.32. The lowest BCUT2D eigenvalue weighted by Gasteiger charge is -2.20. The Morgan fingerprint density at radius 2 is 1.91 bits per heavy atom. The van der Waals surface area contributed by atoms with Crippen molar-refractivity contribution in [1.82, 2.24) is 9.55 Å². The van der Waals surface area contributed by atoms with Crippen molar-refractivity contribution in [2.45, 2.75) is 25.9 Å². The van der Waals surface area contributed by atoms with Crippen molar-refractivity contribution < 1.29 is 4.74 Å². The standard InChI is InChI=1S/C18H21N3O/c1-18(2,19)17-20-15-9-4-5-10-16(15)21(17)12-13-7-6-8-14(11-13)22-3/h4-11H,12,19H2,1-3H3. The molecular formula is C18H21N3O. The summed E-state index contributed by atoms with van der Waals surface area (Å²) in [5.74, 6) is 1.74. The van der Waals surface area contributed by atoms with E-state index in [1.165, 1.54) is 0 Å². The molecule has 0 radical (unpaired) electrons. The van der Waals surface area contributed by atoms with E-state index in [-0.39, 0.29) is 0 Å². The molecule has 2 N–H and O–H groups in total. The first-order valence-electron chi connectivity index (χ1n) is 7.36.